The Morgan fingerprint density at radius 2 is 1.94 bits per heavy atom. The standard InChI is InChI=1S/C22H19FN4O3S/c23-15-5-3-14(4-6-15)18-12-16-20(31-18)21(28)25-19(24-16)13-26-7-9-27(10-8-26)22(29)17-2-1-11-30-17/h1-6,11-12H,7-10,13H2,(H,24,25,28). The van der Waals surface area contributed by atoms with E-state index in [4.69, 9.17) is 4.42 Å². The van der Waals surface area contributed by atoms with Crippen LogP contribution >= 0.6 is 11.3 Å². The maximum Gasteiger partial charge on any atom is 0.289 e. The number of H-pyrrole nitrogens is 1. The van der Waals surface area contributed by atoms with Crippen molar-refractivity contribution < 1.29 is 13.6 Å². The van der Waals surface area contributed by atoms with Crippen molar-refractivity contribution in [3.63, 3.8) is 0 Å². The molecule has 0 spiro atoms. The quantitative estimate of drug-likeness (QED) is 0.529. The summed E-state index contributed by atoms with van der Waals surface area (Å²) in [6.07, 6.45) is 1.49. The Morgan fingerprint density at radius 1 is 1.16 bits per heavy atom. The van der Waals surface area contributed by atoms with Crippen LogP contribution in [0.3, 0.4) is 0 Å². The number of aromatic nitrogens is 2. The number of halogens is 1. The predicted octanol–water partition coefficient (Wildman–Crippen LogP) is 3.34. The van der Waals surface area contributed by atoms with E-state index in [-0.39, 0.29) is 17.3 Å². The minimum Gasteiger partial charge on any atom is -0.459 e. The molecule has 7 nitrogen and oxygen atoms in total. The normalized spacial score (nSPS) is 14.9. The van der Waals surface area contributed by atoms with E-state index < -0.39 is 0 Å². The van der Waals surface area contributed by atoms with Crippen LogP contribution in [0.4, 0.5) is 4.39 Å². The number of fused-ring (bicyclic) bond motifs is 1. The van der Waals surface area contributed by atoms with Gasteiger partial charge < -0.3 is 14.3 Å². The zero-order valence-electron chi connectivity index (χ0n) is 16.5. The van der Waals surface area contributed by atoms with Crippen LogP contribution in [0, 0.1) is 5.82 Å². The Balaban J connectivity index is 1.29. The highest BCUT2D eigenvalue weighted by atomic mass is 32.1. The summed E-state index contributed by atoms with van der Waals surface area (Å²) >= 11 is 1.34. The smallest absolute Gasteiger partial charge is 0.289 e. The van der Waals surface area contributed by atoms with Crippen LogP contribution in [0.25, 0.3) is 20.7 Å². The van der Waals surface area contributed by atoms with Crippen LogP contribution in [0.2, 0.25) is 0 Å². The molecule has 1 aromatic carbocycles. The van der Waals surface area contributed by atoms with Crippen LogP contribution in [0.5, 0.6) is 0 Å². The van der Waals surface area contributed by atoms with Gasteiger partial charge in [0.25, 0.3) is 11.5 Å². The van der Waals surface area contributed by atoms with Gasteiger partial charge in [-0.2, -0.15) is 0 Å². The molecule has 1 aliphatic heterocycles. The van der Waals surface area contributed by atoms with Crippen molar-refractivity contribution in [1.29, 1.82) is 0 Å². The van der Waals surface area contributed by atoms with Crippen LogP contribution in [0.15, 0.2) is 57.9 Å². The van der Waals surface area contributed by atoms with E-state index in [2.05, 4.69) is 14.9 Å². The number of piperazine rings is 1. The molecule has 0 bridgehead atoms. The van der Waals surface area contributed by atoms with Crippen LogP contribution < -0.4 is 5.56 Å². The highest BCUT2D eigenvalue weighted by Crippen LogP contribution is 2.31. The molecular weight excluding hydrogens is 419 g/mol. The van der Waals surface area contributed by atoms with Crippen molar-refractivity contribution in [2.75, 3.05) is 26.2 Å². The molecule has 0 unspecified atom stereocenters. The average molecular weight is 438 g/mol. The lowest BCUT2D eigenvalue weighted by Crippen LogP contribution is -2.48. The highest BCUT2D eigenvalue weighted by Gasteiger charge is 2.24. The third kappa shape index (κ3) is 4.01. The molecule has 0 radical (unpaired) electrons. The number of hydrogen-bond acceptors (Lipinski definition) is 6. The Kier molecular flexibility index (Phi) is 5.13. The number of thiophene rings is 1. The van der Waals surface area contributed by atoms with Gasteiger partial charge in [-0.1, -0.05) is 12.1 Å². The summed E-state index contributed by atoms with van der Waals surface area (Å²) < 4.78 is 18.9. The summed E-state index contributed by atoms with van der Waals surface area (Å²) in [5, 5.41) is 0. The molecule has 1 amide bonds. The zero-order chi connectivity index (χ0) is 21.4. The molecule has 158 valence electrons. The average Bonchev–Trinajstić information content (AvgIpc) is 3.45. The van der Waals surface area contributed by atoms with E-state index in [1.165, 1.54) is 29.7 Å². The molecule has 9 heteroatoms. The number of nitrogens with zero attached hydrogens (tertiary/aromatic N) is 3. The summed E-state index contributed by atoms with van der Waals surface area (Å²) in [5.41, 5.74) is 1.31. The predicted molar refractivity (Wildman–Crippen MR) is 116 cm³/mol. The van der Waals surface area contributed by atoms with Crippen LogP contribution in [-0.4, -0.2) is 51.9 Å². The number of rotatable bonds is 4. The topological polar surface area (TPSA) is 82.4 Å². The second-order valence-electron chi connectivity index (χ2n) is 7.39. The summed E-state index contributed by atoms with van der Waals surface area (Å²) in [5.74, 6) is 0.532. The van der Waals surface area contributed by atoms with Gasteiger partial charge in [-0.05, 0) is 35.9 Å². The molecule has 4 heterocycles. The second kappa shape index (κ2) is 8.09. The van der Waals surface area contributed by atoms with Gasteiger partial charge in [0.2, 0.25) is 0 Å². The molecular formula is C22H19FN4O3S. The van der Waals surface area contributed by atoms with Gasteiger partial charge in [-0.3, -0.25) is 14.5 Å². The van der Waals surface area contributed by atoms with Gasteiger partial charge in [0.05, 0.1) is 18.3 Å². The van der Waals surface area contributed by atoms with Crippen molar-refractivity contribution in [3.8, 4) is 10.4 Å². The zero-order valence-corrected chi connectivity index (χ0v) is 17.3. The maximum atomic E-state index is 13.2. The fourth-order valence-electron chi connectivity index (χ4n) is 3.70. The third-order valence-electron chi connectivity index (χ3n) is 5.33. The molecule has 5 rings (SSSR count). The monoisotopic (exact) mass is 438 g/mol. The van der Waals surface area contributed by atoms with E-state index in [0.717, 1.165) is 10.4 Å². The molecule has 31 heavy (non-hydrogen) atoms. The fourth-order valence-corrected chi connectivity index (χ4v) is 4.69. The van der Waals surface area contributed by atoms with Gasteiger partial charge in [0, 0.05) is 31.1 Å². The molecule has 1 aliphatic rings. The Labute approximate surface area is 180 Å². The van der Waals surface area contributed by atoms with Crippen molar-refractivity contribution >= 4 is 27.5 Å². The minimum absolute atomic E-state index is 0.107. The highest BCUT2D eigenvalue weighted by molar-refractivity contribution is 7.22. The summed E-state index contributed by atoms with van der Waals surface area (Å²) in [7, 11) is 0. The molecule has 0 aliphatic carbocycles. The molecule has 0 atom stereocenters. The number of furan rings is 1. The first-order chi connectivity index (χ1) is 15.1. The largest absolute Gasteiger partial charge is 0.459 e. The molecule has 1 N–H and O–H groups in total. The van der Waals surface area contributed by atoms with Crippen LogP contribution in [-0.2, 0) is 6.54 Å². The third-order valence-corrected chi connectivity index (χ3v) is 6.50. The number of aromatic amines is 1. The lowest BCUT2D eigenvalue weighted by molar-refractivity contribution is 0.0595. The van der Waals surface area contributed by atoms with Gasteiger partial charge in [0.1, 0.15) is 16.3 Å². The number of benzene rings is 1. The lowest BCUT2D eigenvalue weighted by Gasteiger charge is -2.33. The minimum atomic E-state index is -0.297. The van der Waals surface area contributed by atoms with E-state index in [9.17, 15) is 14.0 Å². The van der Waals surface area contributed by atoms with Gasteiger partial charge in [-0.15, -0.1) is 11.3 Å². The SMILES string of the molecule is O=C(c1ccco1)N1CCN(Cc2nc3cc(-c4ccc(F)cc4)sc3c(=O)[nH]2)CC1. The Hall–Kier alpha value is -3.30. The number of nitrogens with one attached hydrogen (secondary N) is 1. The molecule has 4 aromatic rings. The van der Waals surface area contributed by atoms with E-state index in [0.29, 0.717) is 54.5 Å². The first-order valence-electron chi connectivity index (χ1n) is 9.90. The number of hydrogen-bond donors (Lipinski definition) is 1. The van der Waals surface area contributed by atoms with Crippen molar-refractivity contribution in [1.82, 2.24) is 19.8 Å². The van der Waals surface area contributed by atoms with Gasteiger partial charge in [-0.25, -0.2) is 9.37 Å². The lowest BCUT2D eigenvalue weighted by atomic mass is 10.2. The van der Waals surface area contributed by atoms with Crippen molar-refractivity contribution in [3.05, 3.63) is 76.5 Å². The summed E-state index contributed by atoms with van der Waals surface area (Å²) in [4.78, 5) is 37.3. The first kappa shape index (κ1) is 19.7. The van der Waals surface area contributed by atoms with E-state index in [1.807, 2.05) is 6.07 Å². The number of carbonyl (C=O) groups excluding carboxylic acids is 1. The molecule has 0 saturated carbocycles. The molecule has 3 aromatic heterocycles. The molecule has 1 fully saturated rings. The molecule has 1 saturated heterocycles. The number of carbonyl (C=O) groups is 1. The van der Waals surface area contributed by atoms with Gasteiger partial charge >= 0.3 is 0 Å². The number of amides is 1. The van der Waals surface area contributed by atoms with Crippen LogP contribution in [0.1, 0.15) is 16.4 Å². The summed E-state index contributed by atoms with van der Waals surface area (Å²) in [6.45, 7) is 3.02. The second-order valence-corrected chi connectivity index (χ2v) is 8.44. The van der Waals surface area contributed by atoms with Crippen molar-refractivity contribution in [2.24, 2.45) is 0 Å². The Morgan fingerprint density at radius 3 is 2.65 bits per heavy atom. The maximum absolute atomic E-state index is 13.2. The van der Waals surface area contributed by atoms with Gasteiger partial charge in [0.15, 0.2) is 5.76 Å². The fraction of sp³-hybridized carbons (Fsp3) is 0.227. The first-order valence-corrected chi connectivity index (χ1v) is 10.7. The van der Waals surface area contributed by atoms with E-state index in [1.54, 1.807) is 29.2 Å². The van der Waals surface area contributed by atoms with Crippen molar-refractivity contribution in [2.45, 2.75) is 6.54 Å². The summed E-state index contributed by atoms with van der Waals surface area (Å²) in [6, 6.07) is 11.4. The Bertz CT molecular complexity index is 1270. The van der Waals surface area contributed by atoms with E-state index >= 15 is 0 Å².